The molecule has 0 aliphatic carbocycles. The molecule has 0 atom stereocenters. The van der Waals surface area contributed by atoms with Crippen LogP contribution in [-0.2, 0) is 5.88 Å². The van der Waals surface area contributed by atoms with Gasteiger partial charge >= 0.3 is 0 Å². The van der Waals surface area contributed by atoms with Crippen LogP contribution in [0.1, 0.15) is 33.3 Å². The Bertz CT molecular complexity index is 327. The van der Waals surface area contributed by atoms with Gasteiger partial charge in [-0.15, -0.1) is 11.6 Å². The Morgan fingerprint density at radius 3 is 2.24 bits per heavy atom. The summed E-state index contributed by atoms with van der Waals surface area (Å²) < 4.78 is 0. The van der Waals surface area contributed by atoms with Crippen LogP contribution in [-0.4, -0.2) is 18.1 Å². The fourth-order valence-electron chi connectivity index (χ4n) is 1.98. The van der Waals surface area contributed by atoms with E-state index in [1.165, 1.54) is 5.69 Å². The summed E-state index contributed by atoms with van der Waals surface area (Å²) in [6.45, 7) is 11.1. The second kappa shape index (κ2) is 6.85. The number of aromatic nitrogens is 1. The number of rotatable bonds is 6. The average molecular weight is 255 g/mol. The zero-order chi connectivity index (χ0) is 12.8. The van der Waals surface area contributed by atoms with Crippen molar-refractivity contribution in [2.24, 2.45) is 11.8 Å². The topological polar surface area (TPSA) is 16.1 Å². The van der Waals surface area contributed by atoms with Gasteiger partial charge in [0, 0.05) is 36.7 Å². The SMILES string of the molecule is CC(C)CN(CC(C)C)c1ccncc1CCl. The van der Waals surface area contributed by atoms with Gasteiger partial charge in [0.25, 0.3) is 0 Å². The van der Waals surface area contributed by atoms with E-state index in [2.05, 4.69) is 43.6 Å². The Morgan fingerprint density at radius 2 is 1.76 bits per heavy atom. The van der Waals surface area contributed by atoms with E-state index in [9.17, 15) is 0 Å². The van der Waals surface area contributed by atoms with Gasteiger partial charge in [0.15, 0.2) is 0 Å². The standard InChI is InChI=1S/C14H23ClN2/c1-11(2)9-17(10-12(3)4)14-5-6-16-8-13(14)7-15/h5-6,8,11-12H,7,9-10H2,1-4H3. The molecule has 0 spiro atoms. The van der Waals surface area contributed by atoms with Crippen molar-refractivity contribution in [1.29, 1.82) is 0 Å². The van der Waals surface area contributed by atoms with Gasteiger partial charge in [-0.2, -0.15) is 0 Å². The first-order valence-corrected chi connectivity index (χ1v) is 6.81. The zero-order valence-corrected chi connectivity index (χ0v) is 12.0. The minimum atomic E-state index is 0.524. The van der Waals surface area contributed by atoms with Gasteiger partial charge in [0.1, 0.15) is 0 Å². The second-order valence-electron chi connectivity index (χ2n) is 5.33. The number of pyridine rings is 1. The predicted molar refractivity (Wildman–Crippen MR) is 75.7 cm³/mol. The molecule has 0 unspecified atom stereocenters. The van der Waals surface area contributed by atoms with Gasteiger partial charge in [0.2, 0.25) is 0 Å². The van der Waals surface area contributed by atoms with Crippen molar-refractivity contribution in [2.45, 2.75) is 33.6 Å². The molecule has 0 fully saturated rings. The molecular weight excluding hydrogens is 232 g/mol. The van der Waals surface area contributed by atoms with Crippen molar-refractivity contribution in [3.8, 4) is 0 Å². The Hall–Kier alpha value is -0.760. The third-order valence-electron chi connectivity index (χ3n) is 2.53. The molecule has 0 aromatic carbocycles. The molecule has 0 saturated carbocycles. The van der Waals surface area contributed by atoms with Crippen LogP contribution in [0, 0.1) is 11.8 Å². The fourth-order valence-corrected chi connectivity index (χ4v) is 2.19. The van der Waals surface area contributed by atoms with Crippen molar-refractivity contribution >= 4 is 17.3 Å². The maximum Gasteiger partial charge on any atom is 0.0509 e. The van der Waals surface area contributed by atoms with Gasteiger partial charge < -0.3 is 4.90 Å². The molecule has 2 nitrogen and oxygen atoms in total. The molecule has 0 bridgehead atoms. The smallest absolute Gasteiger partial charge is 0.0509 e. The van der Waals surface area contributed by atoms with Crippen molar-refractivity contribution in [3.63, 3.8) is 0 Å². The lowest BCUT2D eigenvalue weighted by molar-refractivity contribution is 0.551. The van der Waals surface area contributed by atoms with Crippen molar-refractivity contribution in [2.75, 3.05) is 18.0 Å². The van der Waals surface area contributed by atoms with Crippen LogP contribution >= 0.6 is 11.6 Å². The van der Waals surface area contributed by atoms with E-state index in [1.807, 2.05) is 12.4 Å². The largest absolute Gasteiger partial charge is 0.371 e. The van der Waals surface area contributed by atoms with Crippen LogP contribution in [0.25, 0.3) is 0 Å². The van der Waals surface area contributed by atoms with Crippen molar-refractivity contribution in [1.82, 2.24) is 4.98 Å². The van der Waals surface area contributed by atoms with E-state index in [-0.39, 0.29) is 0 Å². The van der Waals surface area contributed by atoms with E-state index in [0.717, 1.165) is 18.7 Å². The molecule has 0 saturated heterocycles. The summed E-state index contributed by atoms with van der Waals surface area (Å²) in [5.41, 5.74) is 2.35. The number of halogens is 1. The van der Waals surface area contributed by atoms with Gasteiger partial charge in [-0.3, -0.25) is 4.98 Å². The first-order valence-electron chi connectivity index (χ1n) is 6.28. The first kappa shape index (κ1) is 14.3. The number of anilines is 1. The van der Waals surface area contributed by atoms with Gasteiger partial charge in [-0.1, -0.05) is 27.7 Å². The van der Waals surface area contributed by atoms with E-state index in [4.69, 9.17) is 11.6 Å². The Labute approximate surface area is 110 Å². The van der Waals surface area contributed by atoms with Crippen LogP contribution in [0.2, 0.25) is 0 Å². The predicted octanol–water partition coefficient (Wildman–Crippen LogP) is 3.94. The van der Waals surface area contributed by atoms with Crippen molar-refractivity contribution < 1.29 is 0 Å². The highest BCUT2D eigenvalue weighted by atomic mass is 35.5. The number of hydrogen-bond acceptors (Lipinski definition) is 2. The van der Waals surface area contributed by atoms with Gasteiger partial charge in [-0.25, -0.2) is 0 Å². The molecule has 0 aliphatic rings. The van der Waals surface area contributed by atoms with Crippen LogP contribution in [0.4, 0.5) is 5.69 Å². The van der Waals surface area contributed by atoms with Gasteiger partial charge in [0.05, 0.1) is 5.88 Å². The summed E-state index contributed by atoms with van der Waals surface area (Å²) in [7, 11) is 0. The van der Waals surface area contributed by atoms with Crippen LogP contribution in [0.5, 0.6) is 0 Å². The van der Waals surface area contributed by atoms with E-state index < -0.39 is 0 Å². The molecule has 0 amide bonds. The molecule has 0 radical (unpaired) electrons. The quantitative estimate of drug-likeness (QED) is 0.715. The third kappa shape index (κ3) is 4.55. The summed E-state index contributed by atoms with van der Waals surface area (Å²) in [5.74, 6) is 1.81. The fraction of sp³-hybridized carbons (Fsp3) is 0.643. The minimum absolute atomic E-state index is 0.524. The summed E-state index contributed by atoms with van der Waals surface area (Å²) in [6.07, 6.45) is 3.72. The summed E-state index contributed by atoms with van der Waals surface area (Å²) in [6, 6.07) is 2.07. The highest BCUT2D eigenvalue weighted by Gasteiger charge is 2.13. The summed E-state index contributed by atoms with van der Waals surface area (Å²) in [4.78, 5) is 6.57. The molecule has 96 valence electrons. The van der Waals surface area contributed by atoms with Crippen molar-refractivity contribution in [3.05, 3.63) is 24.0 Å². The molecule has 0 N–H and O–H groups in total. The molecule has 3 heteroatoms. The maximum atomic E-state index is 5.98. The normalized spacial score (nSPS) is 11.2. The average Bonchev–Trinajstić information content (AvgIpc) is 2.27. The molecule has 1 rings (SSSR count). The van der Waals surface area contributed by atoms with Crippen LogP contribution in [0.15, 0.2) is 18.5 Å². The Morgan fingerprint density at radius 1 is 1.18 bits per heavy atom. The lowest BCUT2D eigenvalue weighted by Gasteiger charge is -2.29. The monoisotopic (exact) mass is 254 g/mol. The third-order valence-corrected chi connectivity index (χ3v) is 2.82. The molecular formula is C14H23ClN2. The van der Waals surface area contributed by atoms with Crippen LogP contribution in [0.3, 0.4) is 0 Å². The Balaban J connectivity index is 2.94. The minimum Gasteiger partial charge on any atom is -0.371 e. The number of nitrogens with zero attached hydrogens (tertiary/aromatic N) is 2. The second-order valence-corrected chi connectivity index (χ2v) is 5.60. The highest BCUT2D eigenvalue weighted by molar-refractivity contribution is 6.17. The lowest BCUT2D eigenvalue weighted by Crippen LogP contribution is -2.32. The lowest BCUT2D eigenvalue weighted by atomic mass is 10.1. The summed E-state index contributed by atoms with van der Waals surface area (Å²) in [5, 5.41) is 0. The van der Waals surface area contributed by atoms with E-state index in [1.54, 1.807) is 0 Å². The first-order chi connectivity index (χ1) is 8.04. The number of hydrogen-bond donors (Lipinski definition) is 0. The van der Waals surface area contributed by atoms with E-state index in [0.29, 0.717) is 17.7 Å². The molecule has 17 heavy (non-hydrogen) atoms. The van der Waals surface area contributed by atoms with Crippen LogP contribution < -0.4 is 4.90 Å². The highest BCUT2D eigenvalue weighted by Crippen LogP contribution is 2.23. The maximum absolute atomic E-state index is 5.98. The molecule has 0 aliphatic heterocycles. The summed E-state index contributed by atoms with van der Waals surface area (Å²) >= 11 is 5.98. The number of alkyl halides is 1. The molecule has 1 aromatic heterocycles. The van der Waals surface area contributed by atoms with E-state index >= 15 is 0 Å². The van der Waals surface area contributed by atoms with Gasteiger partial charge in [-0.05, 0) is 17.9 Å². The zero-order valence-electron chi connectivity index (χ0n) is 11.3. The molecule has 1 heterocycles. The Kier molecular flexibility index (Phi) is 5.76. The molecule has 1 aromatic rings.